The van der Waals surface area contributed by atoms with E-state index in [1.165, 1.54) is 12.4 Å². The quantitative estimate of drug-likeness (QED) is 0.387. The fourth-order valence-corrected chi connectivity index (χ4v) is 1.24. The van der Waals surface area contributed by atoms with Crippen LogP contribution in [0.5, 0.6) is 0 Å². The van der Waals surface area contributed by atoms with Crippen LogP contribution in [0.1, 0.15) is 13.8 Å². The molecule has 0 aromatic heterocycles. The summed E-state index contributed by atoms with van der Waals surface area (Å²) in [6.07, 6.45) is -1.50. The van der Waals surface area contributed by atoms with Crippen molar-refractivity contribution < 1.29 is 19.2 Å². The zero-order valence-electron chi connectivity index (χ0n) is 9.40. The molecule has 0 radical (unpaired) electrons. The standard InChI is InChI=1S/C7H15N2.C2H4O3/c1-6-5-8(3)7(2)9(6)4;1-5-2(3)4/h6H,5H2,1-4H3;1H3,(H,3,4)/q+1;/p-1. The van der Waals surface area contributed by atoms with E-state index in [4.69, 9.17) is 9.90 Å². The van der Waals surface area contributed by atoms with Crippen molar-refractivity contribution in [3.8, 4) is 0 Å². The van der Waals surface area contributed by atoms with E-state index in [1.54, 1.807) is 0 Å². The van der Waals surface area contributed by atoms with Crippen molar-refractivity contribution in [1.82, 2.24) is 4.90 Å². The van der Waals surface area contributed by atoms with E-state index in [0.29, 0.717) is 6.04 Å². The average Bonchev–Trinajstić information content (AvgIpc) is 2.34. The summed E-state index contributed by atoms with van der Waals surface area (Å²) >= 11 is 0. The normalized spacial score (nSPS) is 20.4. The Hall–Kier alpha value is -1.26. The highest BCUT2D eigenvalue weighted by atomic mass is 16.6. The average molecular weight is 202 g/mol. The Morgan fingerprint density at radius 2 is 2.14 bits per heavy atom. The lowest BCUT2D eigenvalue weighted by molar-refractivity contribution is -0.490. The maximum Gasteiger partial charge on any atom is 0.251 e. The molecule has 5 heteroatoms. The Bertz CT molecular complexity index is 238. The zero-order chi connectivity index (χ0) is 11.3. The summed E-state index contributed by atoms with van der Waals surface area (Å²) in [6.45, 7) is 5.57. The van der Waals surface area contributed by atoms with Crippen LogP contribution in [0.3, 0.4) is 0 Å². The molecule has 0 bridgehead atoms. The minimum atomic E-state index is -1.50. The summed E-state index contributed by atoms with van der Waals surface area (Å²) in [7, 11) is 5.31. The lowest BCUT2D eigenvalue weighted by Crippen LogP contribution is -2.28. The second kappa shape index (κ2) is 5.47. The maximum atomic E-state index is 9.03. The largest absolute Gasteiger partial charge is 0.553 e. The summed E-state index contributed by atoms with van der Waals surface area (Å²) in [5.74, 6) is 1.38. The van der Waals surface area contributed by atoms with Crippen LogP contribution in [-0.2, 0) is 4.74 Å². The Balaban J connectivity index is 0.000000292. The summed E-state index contributed by atoms with van der Waals surface area (Å²) in [5.41, 5.74) is 0. The fourth-order valence-electron chi connectivity index (χ4n) is 1.24. The molecule has 0 fully saturated rings. The molecule has 5 nitrogen and oxygen atoms in total. The van der Waals surface area contributed by atoms with E-state index < -0.39 is 6.16 Å². The van der Waals surface area contributed by atoms with Gasteiger partial charge in [0.25, 0.3) is 6.16 Å². The van der Waals surface area contributed by atoms with E-state index in [2.05, 4.69) is 42.2 Å². The molecule has 0 amide bonds. The van der Waals surface area contributed by atoms with Crippen LogP contribution in [0.2, 0.25) is 0 Å². The van der Waals surface area contributed by atoms with Crippen LogP contribution in [0.25, 0.3) is 0 Å². The van der Waals surface area contributed by atoms with Gasteiger partial charge in [-0.15, -0.1) is 0 Å². The number of methoxy groups -OCH3 is 1. The van der Waals surface area contributed by atoms with Crippen molar-refractivity contribution in [2.45, 2.75) is 19.9 Å². The Morgan fingerprint density at radius 3 is 2.21 bits per heavy atom. The predicted octanol–water partition coefficient (Wildman–Crippen LogP) is -0.643. The smallest absolute Gasteiger partial charge is 0.251 e. The topological polar surface area (TPSA) is 55.6 Å². The van der Waals surface area contributed by atoms with Crippen LogP contribution in [0.15, 0.2) is 0 Å². The highest BCUT2D eigenvalue weighted by Crippen LogP contribution is 2.04. The first-order valence-electron chi connectivity index (χ1n) is 4.42. The molecule has 0 aliphatic carbocycles. The van der Waals surface area contributed by atoms with E-state index in [0.717, 1.165) is 7.11 Å². The van der Waals surface area contributed by atoms with E-state index >= 15 is 0 Å². The highest BCUT2D eigenvalue weighted by molar-refractivity contribution is 5.75. The molecule has 0 spiro atoms. The second-order valence-electron chi connectivity index (χ2n) is 3.34. The number of carbonyl (C=O) groups excluding carboxylic acids is 1. The Morgan fingerprint density at radius 1 is 1.71 bits per heavy atom. The molecule has 1 rings (SSSR count). The number of carboxylic acid groups (broad SMARTS) is 1. The predicted molar refractivity (Wildman–Crippen MR) is 51.4 cm³/mol. The summed E-state index contributed by atoms with van der Waals surface area (Å²) in [6, 6.07) is 0.690. The van der Waals surface area contributed by atoms with Gasteiger partial charge in [0.1, 0.15) is 12.6 Å². The van der Waals surface area contributed by atoms with Crippen molar-refractivity contribution in [3.05, 3.63) is 0 Å². The van der Waals surface area contributed by atoms with E-state index in [9.17, 15) is 0 Å². The number of nitrogens with zero attached hydrogens (tertiary/aromatic N) is 2. The molecule has 1 unspecified atom stereocenters. The molecule has 82 valence electrons. The lowest BCUT2D eigenvalue weighted by Gasteiger charge is -2.07. The number of ether oxygens (including phenoxy) is 1. The van der Waals surface area contributed by atoms with Gasteiger partial charge in [-0.1, -0.05) is 0 Å². The molecular formula is C9H18N2O3. The minimum absolute atomic E-state index is 0.690. The number of rotatable bonds is 0. The second-order valence-corrected chi connectivity index (χ2v) is 3.34. The minimum Gasteiger partial charge on any atom is -0.553 e. The van der Waals surface area contributed by atoms with Gasteiger partial charge in [-0.2, -0.15) is 0 Å². The summed E-state index contributed by atoms with van der Waals surface area (Å²) in [5, 5.41) is 9.03. The molecule has 1 atom stereocenters. The van der Waals surface area contributed by atoms with Crippen molar-refractivity contribution in [2.24, 2.45) is 0 Å². The third-order valence-corrected chi connectivity index (χ3v) is 2.43. The van der Waals surface area contributed by atoms with E-state index in [-0.39, 0.29) is 0 Å². The molecule has 1 aliphatic heterocycles. The molecule has 0 N–H and O–H groups in total. The number of hydrogen-bond donors (Lipinski definition) is 0. The zero-order valence-corrected chi connectivity index (χ0v) is 9.40. The van der Waals surface area contributed by atoms with Gasteiger partial charge < -0.3 is 14.6 Å². The lowest BCUT2D eigenvalue weighted by atomic mass is 10.3. The van der Waals surface area contributed by atoms with Gasteiger partial charge in [-0.25, -0.2) is 0 Å². The maximum absolute atomic E-state index is 9.03. The molecule has 0 saturated heterocycles. The molecular weight excluding hydrogens is 184 g/mol. The molecule has 0 aromatic rings. The third-order valence-electron chi connectivity index (χ3n) is 2.43. The van der Waals surface area contributed by atoms with Gasteiger partial charge in [0.2, 0.25) is 5.84 Å². The highest BCUT2D eigenvalue weighted by Gasteiger charge is 2.27. The Kier molecular flexibility index (Phi) is 4.97. The van der Waals surface area contributed by atoms with Crippen LogP contribution in [0, 0.1) is 0 Å². The molecule has 0 saturated carbocycles. The summed E-state index contributed by atoms with van der Waals surface area (Å²) < 4.78 is 5.84. The van der Waals surface area contributed by atoms with Crippen LogP contribution >= 0.6 is 0 Å². The van der Waals surface area contributed by atoms with Crippen LogP contribution in [0.4, 0.5) is 4.79 Å². The van der Waals surface area contributed by atoms with Crippen molar-refractivity contribution in [3.63, 3.8) is 0 Å². The van der Waals surface area contributed by atoms with Gasteiger partial charge in [0, 0.05) is 14.0 Å². The van der Waals surface area contributed by atoms with E-state index in [1.807, 2.05) is 0 Å². The summed E-state index contributed by atoms with van der Waals surface area (Å²) in [4.78, 5) is 11.3. The third kappa shape index (κ3) is 3.64. The van der Waals surface area contributed by atoms with Crippen molar-refractivity contribution in [1.29, 1.82) is 0 Å². The Labute approximate surface area is 84.6 Å². The monoisotopic (exact) mass is 202 g/mol. The fraction of sp³-hybridized carbons (Fsp3) is 0.778. The van der Waals surface area contributed by atoms with Gasteiger partial charge in [-0.05, 0) is 6.92 Å². The molecule has 14 heavy (non-hydrogen) atoms. The molecule has 1 heterocycles. The molecule has 0 aromatic carbocycles. The van der Waals surface area contributed by atoms with Crippen molar-refractivity contribution in [2.75, 3.05) is 27.7 Å². The number of likely N-dealkylation sites (N-methyl/N-ethyl adjacent to an activating group) is 2. The van der Waals surface area contributed by atoms with Gasteiger partial charge >= 0.3 is 0 Å². The van der Waals surface area contributed by atoms with Crippen LogP contribution < -0.4 is 5.11 Å². The van der Waals surface area contributed by atoms with Gasteiger partial charge in [0.05, 0.1) is 14.1 Å². The van der Waals surface area contributed by atoms with Gasteiger partial charge in [0.15, 0.2) is 0 Å². The van der Waals surface area contributed by atoms with Crippen molar-refractivity contribution >= 4 is 12.0 Å². The number of hydrogen-bond acceptors (Lipinski definition) is 4. The number of amidine groups is 1. The first-order valence-corrected chi connectivity index (χ1v) is 4.42. The number of carbonyl (C=O) groups is 1. The first kappa shape index (κ1) is 12.7. The SMILES string of the molecule is CC1=[N+](C)CC(C)N1C.COC(=O)[O-]. The van der Waals surface area contributed by atoms with Gasteiger partial charge in [-0.3, -0.25) is 9.48 Å². The molecule has 1 aliphatic rings. The van der Waals surface area contributed by atoms with Crippen LogP contribution in [-0.4, -0.2) is 55.3 Å². The first-order chi connectivity index (χ1) is 6.40.